The van der Waals surface area contributed by atoms with Gasteiger partial charge in [0.2, 0.25) is 0 Å². The van der Waals surface area contributed by atoms with E-state index in [1.54, 1.807) is 0 Å². The summed E-state index contributed by atoms with van der Waals surface area (Å²) in [6, 6.07) is 7.75. The van der Waals surface area contributed by atoms with Crippen molar-refractivity contribution < 1.29 is 9.53 Å². The molecule has 0 N–H and O–H groups in total. The smallest absolute Gasteiger partial charge is 0.337 e. The molecule has 0 saturated carbocycles. The number of methoxy groups -OCH3 is 1. The van der Waals surface area contributed by atoms with Crippen LogP contribution in [0.1, 0.15) is 28.8 Å². The van der Waals surface area contributed by atoms with Gasteiger partial charge in [0.05, 0.1) is 12.7 Å². The van der Waals surface area contributed by atoms with Crippen LogP contribution in [0.25, 0.3) is 0 Å². The summed E-state index contributed by atoms with van der Waals surface area (Å²) in [6.07, 6.45) is 2.55. The van der Waals surface area contributed by atoms with Crippen LogP contribution in [-0.4, -0.2) is 56.6 Å². The van der Waals surface area contributed by atoms with E-state index in [1.165, 1.54) is 32.1 Å². The van der Waals surface area contributed by atoms with Crippen LogP contribution in [0.15, 0.2) is 24.3 Å². The number of rotatable bonds is 5. The van der Waals surface area contributed by atoms with Crippen LogP contribution in [0, 0.1) is 5.92 Å². The van der Waals surface area contributed by atoms with Crippen LogP contribution in [0.3, 0.4) is 0 Å². The van der Waals surface area contributed by atoms with Gasteiger partial charge in [0.15, 0.2) is 0 Å². The molecule has 1 saturated heterocycles. The quantitative estimate of drug-likeness (QED) is 0.779. The maximum atomic E-state index is 11.4. The molecule has 0 aliphatic carbocycles. The van der Waals surface area contributed by atoms with E-state index in [1.807, 2.05) is 24.3 Å². The standard InChI is InChI=1S/C17H26N2O2/c1-18(2)12-15-8-10-19(11-9-15)13-14-4-6-16(7-5-14)17(20)21-3/h4-7,15H,8-13H2,1-3H3. The van der Waals surface area contributed by atoms with Gasteiger partial charge in [0.25, 0.3) is 0 Å². The van der Waals surface area contributed by atoms with Crippen molar-refractivity contribution >= 4 is 5.97 Å². The minimum Gasteiger partial charge on any atom is -0.465 e. The Kier molecular flexibility index (Phi) is 5.76. The molecule has 1 aliphatic rings. The van der Waals surface area contributed by atoms with Crippen LogP contribution >= 0.6 is 0 Å². The number of hydrogen-bond acceptors (Lipinski definition) is 4. The summed E-state index contributed by atoms with van der Waals surface area (Å²) in [5.74, 6) is 0.559. The molecule has 4 heteroatoms. The molecule has 0 amide bonds. The van der Waals surface area contributed by atoms with Crippen molar-refractivity contribution in [1.29, 1.82) is 0 Å². The van der Waals surface area contributed by atoms with Crippen molar-refractivity contribution in [2.24, 2.45) is 5.92 Å². The van der Waals surface area contributed by atoms with E-state index in [0.717, 1.165) is 25.6 Å². The first-order chi connectivity index (χ1) is 10.1. The maximum Gasteiger partial charge on any atom is 0.337 e. The van der Waals surface area contributed by atoms with Gasteiger partial charge >= 0.3 is 5.97 Å². The van der Waals surface area contributed by atoms with Crippen LogP contribution < -0.4 is 0 Å². The minimum absolute atomic E-state index is 0.272. The van der Waals surface area contributed by atoms with Gasteiger partial charge in [-0.05, 0) is 63.6 Å². The lowest BCUT2D eigenvalue weighted by atomic mass is 9.96. The SMILES string of the molecule is COC(=O)c1ccc(CN2CCC(CN(C)C)CC2)cc1. The van der Waals surface area contributed by atoms with E-state index in [0.29, 0.717) is 5.56 Å². The van der Waals surface area contributed by atoms with Crippen molar-refractivity contribution in [3.63, 3.8) is 0 Å². The summed E-state index contributed by atoms with van der Waals surface area (Å²) in [6.45, 7) is 4.49. The Morgan fingerprint density at radius 1 is 1.24 bits per heavy atom. The Bertz CT molecular complexity index is 448. The van der Waals surface area contributed by atoms with Gasteiger partial charge < -0.3 is 9.64 Å². The molecule has 1 aromatic rings. The number of benzene rings is 1. The van der Waals surface area contributed by atoms with Crippen LogP contribution in [0.4, 0.5) is 0 Å². The average molecular weight is 290 g/mol. The highest BCUT2D eigenvalue weighted by atomic mass is 16.5. The molecule has 1 aliphatic heterocycles. The second-order valence-corrected chi connectivity index (χ2v) is 6.17. The average Bonchev–Trinajstić information content (AvgIpc) is 2.49. The fourth-order valence-electron chi connectivity index (χ4n) is 2.97. The number of esters is 1. The molecular formula is C17H26N2O2. The molecule has 0 atom stereocenters. The topological polar surface area (TPSA) is 32.8 Å². The fourth-order valence-corrected chi connectivity index (χ4v) is 2.97. The summed E-state index contributed by atoms with van der Waals surface area (Å²) in [7, 11) is 5.71. The Morgan fingerprint density at radius 3 is 2.38 bits per heavy atom. The lowest BCUT2D eigenvalue weighted by Crippen LogP contribution is -2.36. The summed E-state index contributed by atoms with van der Waals surface area (Å²) in [5.41, 5.74) is 1.87. The van der Waals surface area contributed by atoms with Crippen molar-refractivity contribution in [1.82, 2.24) is 9.80 Å². The number of likely N-dealkylation sites (tertiary alicyclic amines) is 1. The zero-order valence-corrected chi connectivity index (χ0v) is 13.3. The van der Waals surface area contributed by atoms with Gasteiger partial charge in [-0.3, -0.25) is 4.90 Å². The second kappa shape index (κ2) is 7.57. The molecular weight excluding hydrogens is 264 g/mol. The number of hydrogen-bond donors (Lipinski definition) is 0. The van der Waals surface area contributed by atoms with Gasteiger partial charge in [0, 0.05) is 13.1 Å². The van der Waals surface area contributed by atoms with Crippen LogP contribution in [0.5, 0.6) is 0 Å². The number of ether oxygens (including phenoxy) is 1. The molecule has 4 nitrogen and oxygen atoms in total. The molecule has 0 bridgehead atoms. The number of piperidine rings is 1. The lowest BCUT2D eigenvalue weighted by Gasteiger charge is -2.33. The summed E-state index contributed by atoms with van der Waals surface area (Å²) in [4.78, 5) is 16.2. The van der Waals surface area contributed by atoms with E-state index >= 15 is 0 Å². The fraction of sp³-hybridized carbons (Fsp3) is 0.588. The van der Waals surface area contributed by atoms with Gasteiger partial charge in [-0.25, -0.2) is 4.79 Å². The van der Waals surface area contributed by atoms with Crippen molar-refractivity contribution in [2.75, 3.05) is 40.8 Å². The first kappa shape index (κ1) is 16.0. The summed E-state index contributed by atoms with van der Waals surface area (Å²) >= 11 is 0. The molecule has 2 rings (SSSR count). The highest BCUT2D eigenvalue weighted by molar-refractivity contribution is 5.89. The Morgan fingerprint density at radius 2 is 1.86 bits per heavy atom. The number of carbonyl (C=O) groups excluding carboxylic acids is 1. The third-order valence-corrected chi connectivity index (χ3v) is 4.11. The highest BCUT2D eigenvalue weighted by Crippen LogP contribution is 2.19. The zero-order chi connectivity index (χ0) is 15.2. The molecule has 0 aromatic heterocycles. The maximum absolute atomic E-state index is 11.4. The Hall–Kier alpha value is -1.39. The monoisotopic (exact) mass is 290 g/mol. The summed E-state index contributed by atoms with van der Waals surface area (Å²) < 4.78 is 4.72. The lowest BCUT2D eigenvalue weighted by molar-refractivity contribution is 0.0600. The molecule has 1 aromatic carbocycles. The van der Waals surface area contributed by atoms with Gasteiger partial charge in [-0.2, -0.15) is 0 Å². The minimum atomic E-state index is -0.272. The van der Waals surface area contributed by atoms with Crippen molar-refractivity contribution in [3.05, 3.63) is 35.4 Å². The van der Waals surface area contributed by atoms with Crippen LogP contribution in [-0.2, 0) is 11.3 Å². The normalized spacial score (nSPS) is 17.1. The molecule has 0 spiro atoms. The predicted octanol–water partition coefficient (Wildman–Crippen LogP) is 2.25. The molecule has 0 unspecified atom stereocenters. The van der Waals surface area contributed by atoms with Gasteiger partial charge in [0.1, 0.15) is 0 Å². The van der Waals surface area contributed by atoms with E-state index < -0.39 is 0 Å². The first-order valence-corrected chi connectivity index (χ1v) is 7.63. The second-order valence-electron chi connectivity index (χ2n) is 6.17. The zero-order valence-electron chi connectivity index (χ0n) is 13.3. The molecule has 21 heavy (non-hydrogen) atoms. The number of carbonyl (C=O) groups is 1. The molecule has 116 valence electrons. The summed E-state index contributed by atoms with van der Waals surface area (Å²) in [5, 5.41) is 0. The van der Waals surface area contributed by atoms with E-state index in [-0.39, 0.29) is 5.97 Å². The van der Waals surface area contributed by atoms with Crippen molar-refractivity contribution in [2.45, 2.75) is 19.4 Å². The van der Waals surface area contributed by atoms with Crippen LogP contribution in [0.2, 0.25) is 0 Å². The van der Waals surface area contributed by atoms with E-state index in [2.05, 4.69) is 23.9 Å². The molecule has 1 heterocycles. The Balaban J connectivity index is 1.82. The molecule has 1 fully saturated rings. The van der Waals surface area contributed by atoms with Gasteiger partial charge in [-0.15, -0.1) is 0 Å². The first-order valence-electron chi connectivity index (χ1n) is 7.63. The predicted molar refractivity (Wildman–Crippen MR) is 84.3 cm³/mol. The Labute approximate surface area is 127 Å². The third-order valence-electron chi connectivity index (χ3n) is 4.11. The van der Waals surface area contributed by atoms with Gasteiger partial charge in [-0.1, -0.05) is 12.1 Å². The largest absolute Gasteiger partial charge is 0.465 e. The molecule has 0 radical (unpaired) electrons. The van der Waals surface area contributed by atoms with E-state index in [9.17, 15) is 4.79 Å². The third kappa shape index (κ3) is 4.83. The number of nitrogens with zero attached hydrogens (tertiary/aromatic N) is 2. The van der Waals surface area contributed by atoms with Crippen molar-refractivity contribution in [3.8, 4) is 0 Å². The highest BCUT2D eigenvalue weighted by Gasteiger charge is 2.19. The van der Waals surface area contributed by atoms with E-state index in [4.69, 9.17) is 4.74 Å².